The van der Waals surface area contributed by atoms with Crippen molar-refractivity contribution in [1.82, 2.24) is 4.90 Å². The molecule has 0 fully saturated rings. The molecule has 0 spiro atoms. The topological polar surface area (TPSA) is 58.6 Å². The Hall–Kier alpha value is -4.59. The normalized spacial score (nSPS) is 16.6. The molecule has 4 aromatic rings. The molecular weight excluding hydrogens is 493 g/mol. The van der Waals surface area contributed by atoms with Crippen molar-refractivity contribution < 1.29 is 27.5 Å². The molecule has 8 heteroatoms. The number of nitrogens with one attached hydrogen (secondary N) is 1. The number of rotatable bonds is 6. The SMILES string of the molecule is COc1ccc([C@H]2[C@H](C(=O)Nc3ccc(F)cc3F)c3ccccc3C(=O)N2Cc2ccc(F)cc2)cc1. The van der Waals surface area contributed by atoms with Crippen molar-refractivity contribution in [2.75, 3.05) is 12.4 Å². The Morgan fingerprint density at radius 3 is 2.26 bits per heavy atom. The van der Waals surface area contributed by atoms with Gasteiger partial charge in [-0.3, -0.25) is 9.59 Å². The Morgan fingerprint density at radius 1 is 0.895 bits per heavy atom. The molecule has 0 aliphatic carbocycles. The van der Waals surface area contributed by atoms with Gasteiger partial charge in [-0.15, -0.1) is 0 Å². The lowest BCUT2D eigenvalue weighted by molar-refractivity contribution is -0.119. The summed E-state index contributed by atoms with van der Waals surface area (Å²) in [7, 11) is 1.53. The minimum absolute atomic E-state index is 0.0961. The van der Waals surface area contributed by atoms with E-state index in [0.29, 0.717) is 34.1 Å². The van der Waals surface area contributed by atoms with Crippen LogP contribution in [0, 0.1) is 17.5 Å². The monoisotopic (exact) mass is 516 g/mol. The maximum Gasteiger partial charge on any atom is 0.255 e. The summed E-state index contributed by atoms with van der Waals surface area (Å²) in [5, 5.41) is 2.58. The molecule has 1 N–H and O–H groups in total. The van der Waals surface area contributed by atoms with Crippen LogP contribution in [-0.2, 0) is 11.3 Å². The highest BCUT2D eigenvalue weighted by atomic mass is 19.1. The first-order valence-corrected chi connectivity index (χ1v) is 11.9. The fraction of sp³-hybridized carbons (Fsp3) is 0.133. The van der Waals surface area contributed by atoms with Gasteiger partial charge >= 0.3 is 0 Å². The molecule has 2 atom stereocenters. The van der Waals surface area contributed by atoms with Gasteiger partial charge in [0.05, 0.1) is 24.8 Å². The summed E-state index contributed by atoms with van der Waals surface area (Å²) in [5.41, 5.74) is 1.95. The summed E-state index contributed by atoms with van der Waals surface area (Å²) >= 11 is 0. The smallest absolute Gasteiger partial charge is 0.255 e. The number of benzene rings is 4. The number of halogens is 3. The molecule has 1 aliphatic rings. The van der Waals surface area contributed by atoms with Crippen LogP contribution < -0.4 is 10.1 Å². The summed E-state index contributed by atoms with van der Waals surface area (Å²) < 4.78 is 46.8. The van der Waals surface area contributed by atoms with Gasteiger partial charge in [0.2, 0.25) is 5.91 Å². The van der Waals surface area contributed by atoms with Crippen molar-refractivity contribution >= 4 is 17.5 Å². The zero-order chi connectivity index (χ0) is 26.8. The number of fused-ring (bicyclic) bond motifs is 1. The van der Waals surface area contributed by atoms with Gasteiger partial charge in [0.1, 0.15) is 23.2 Å². The second kappa shape index (κ2) is 10.4. The van der Waals surface area contributed by atoms with E-state index in [2.05, 4.69) is 5.32 Å². The quantitative estimate of drug-likeness (QED) is 0.331. The van der Waals surface area contributed by atoms with E-state index in [4.69, 9.17) is 4.74 Å². The fourth-order valence-electron chi connectivity index (χ4n) is 4.81. The number of anilines is 1. The lowest BCUT2D eigenvalue weighted by Gasteiger charge is -2.42. The Morgan fingerprint density at radius 2 is 1.58 bits per heavy atom. The Balaban J connectivity index is 1.64. The van der Waals surface area contributed by atoms with Crippen molar-refractivity contribution in [2.45, 2.75) is 18.5 Å². The second-order valence-corrected chi connectivity index (χ2v) is 8.96. The standard InChI is InChI=1S/C30H23F3N2O3/c1-38-22-13-8-19(9-14-22)28-27(29(36)34-26-15-12-21(32)16-25(26)33)23-4-2-3-5-24(23)30(37)35(28)17-18-6-10-20(31)11-7-18/h2-16,27-28H,17H2,1H3,(H,34,36)/t27-,28+/m1/s1. The van der Waals surface area contributed by atoms with Crippen LogP contribution in [-0.4, -0.2) is 23.8 Å². The van der Waals surface area contributed by atoms with Crippen LogP contribution in [0.25, 0.3) is 0 Å². The predicted molar refractivity (Wildman–Crippen MR) is 136 cm³/mol. The summed E-state index contributed by atoms with van der Waals surface area (Å²) in [4.78, 5) is 29.2. The number of carbonyl (C=O) groups excluding carboxylic acids is 2. The second-order valence-electron chi connectivity index (χ2n) is 8.96. The van der Waals surface area contributed by atoms with E-state index in [1.54, 1.807) is 65.6 Å². The predicted octanol–water partition coefficient (Wildman–Crippen LogP) is 6.23. The van der Waals surface area contributed by atoms with Gasteiger partial charge in [-0.05, 0) is 59.2 Å². The van der Waals surface area contributed by atoms with Gasteiger partial charge in [-0.2, -0.15) is 0 Å². The molecule has 0 radical (unpaired) electrons. The van der Waals surface area contributed by atoms with E-state index in [9.17, 15) is 22.8 Å². The third-order valence-electron chi connectivity index (χ3n) is 6.63. The average molecular weight is 517 g/mol. The molecular formula is C30H23F3N2O3. The largest absolute Gasteiger partial charge is 0.497 e. The minimum Gasteiger partial charge on any atom is -0.497 e. The molecule has 5 rings (SSSR count). The van der Waals surface area contributed by atoms with Crippen LogP contribution in [0.2, 0.25) is 0 Å². The molecule has 4 aromatic carbocycles. The zero-order valence-electron chi connectivity index (χ0n) is 20.3. The first-order chi connectivity index (χ1) is 18.4. The Labute approximate surface area is 217 Å². The van der Waals surface area contributed by atoms with Crippen molar-refractivity contribution in [3.8, 4) is 5.75 Å². The van der Waals surface area contributed by atoms with Crippen molar-refractivity contribution in [1.29, 1.82) is 0 Å². The summed E-state index contributed by atoms with van der Waals surface area (Å²) in [6.45, 7) is 0.0961. The molecule has 0 bridgehead atoms. The minimum atomic E-state index is -0.942. The number of nitrogens with zero attached hydrogens (tertiary/aromatic N) is 1. The van der Waals surface area contributed by atoms with E-state index in [-0.39, 0.29) is 18.1 Å². The molecule has 0 unspecified atom stereocenters. The number of ether oxygens (including phenoxy) is 1. The van der Waals surface area contributed by atoms with Crippen molar-refractivity contribution in [3.63, 3.8) is 0 Å². The summed E-state index contributed by atoms with van der Waals surface area (Å²) in [6, 6.07) is 21.6. The highest BCUT2D eigenvalue weighted by Gasteiger charge is 2.44. The van der Waals surface area contributed by atoms with Crippen molar-refractivity contribution in [2.24, 2.45) is 0 Å². The molecule has 1 aliphatic heterocycles. The third kappa shape index (κ3) is 4.85. The van der Waals surface area contributed by atoms with Crippen LogP contribution in [0.5, 0.6) is 5.75 Å². The van der Waals surface area contributed by atoms with E-state index < -0.39 is 35.3 Å². The number of hydrogen-bond donors (Lipinski definition) is 1. The number of methoxy groups -OCH3 is 1. The highest BCUT2D eigenvalue weighted by molar-refractivity contribution is 6.04. The van der Waals surface area contributed by atoms with Gasteiger partial charge in [0, 0.05) is 18.2 Å². The van der Waals surface area contributed by atoms with E-state index in [1.807, 2.05) is 0 Å². The van der Waals surface area contributed by atoms with Crippen LogP contribution >= 0.6 is 0 Å². The molecule has 1 heterocycles. The number of amides is 2. The van der Waals surface area contributed by atoms with Gasteiger partial charge in [0.25, 0.3) is 5.91 Å². The average Bonchev–Trinajstić information content (AvgIpc) is 2.93. The van der Waals surface area contributed by atoms with E-state index in [0.717, 1.165) is 12.1 Å². The first-order valence-electron chi connectivity index (χ1n) is 11.9. The van der Waals surface area contributed by atoms with E-state index in [1.165, 1.54) is 19.2 Å². The lowest BCUT2D eigenvalue weighted by atomic mass is 9.79. The highest BCUT2D eigenvalue weighted by Crippen LogP contribution is 2.44. The summed E-state index contributed by atoms with van der Waals surface area (Å²) in [5.74, 6) is -3.31. The van der Waals surface area contributed by atoms with Crippen LogP contribution in [0.1, 0.15) is 39.0 Å². The summed E-state index contributed by atoms with van der Waals surface area (Å²) in [6.07, 6.45) is 0. The van der Waals surface area contributed by atoms with Crippen LogP contribution in [0.15, 0.2) is 91.0 Å². The first kappa shape index (κ1) is 25.1. The van der Waals surface area contributed by atoms with E-state index >= 15 is 0 Å². The fourth-order valence-corrected chi connectivity index (χ4v) is 4.81. The van der Waals surface area contributed by atoms with Crippen LogP contribution in [0.4, 0.5) is 18.9 Å². The Kier molecular flexibility index (Phi) is 6.87. The van der Waals surface area contributed by atoms with Crippen molar-refractivity contribution in [3.05, 3.63) is 131 Å². The molecule has 192 valence electrons. The maximum absolute atomic E-state index is 14.5. The molecule has 0 aromatic heterocycles. The molecule has 38 heavy (non-hydrogen) atoms. The number of carbonyl (C=O) groups is 2. The Bertz CT molecular complexity index is 1490. The van der Waals surface area contributed by atoms with Crippen LogP contribution in [0.3, 0.4) is 0 Å². The number of hydrogen-bond acceptors (Lipinski definition) is 3. The van der Waals surface area contributed by atoms with Gasteiger partial charge in [-0.25, -0.2) is 13.2 Å². The molecule has 0 saturated heterocycles. The molecule has 0 saturated carbocycles. The van der Waals surface area contributed by atoms with Gasteiger partial charge in [0.15, 0.2) is 0 Å². The molecule has 5 nitrogen and oxygen atoms in total. The van der Waals surface area contributed by atoms with Gasteiger partial charge in [-0.1, -0.05) is 42.5 Å². The molecule has 2 amide bonds. The lowest BCUT2D eigenvalue weighted by Crippen LogP contribution is -2.45. The van der Waals surface area contributed by atoms with Gasteiger partial charge < -0.3 is 15.0 Å². The maximum atomic E-state index is 14.5. The zero-order valence-corrected chi connectivity index (χ0v) is 20.3. The third-order valence-corrected chi connectivity index (χ3v) is 6.63.